The van der Waals surface area contributed by atoms with Crippen molar-refractivity contribution in [1.82, 2.24) is 14.9 Å². The third kappa shape index (κ3) is 2.57. The van der Waals surface area contributed by atoms with Gasteiger partial charge in [0.1, 0.15) is 5.52 Å². The topological polar surface area (TPSA) is 71.3 Å². The van der Waals surface area contributed by atoms with Gasteiger partial charge in [0, 0.05) is 31.2 Å². The first kappa shape index (κ1) is 13.9. The Morgan fingerprint density at radius 3 is 3.17 bits per heavy atom. The zero-order chi connectivity index (χ0) is 15.8. The summed E-state index contributed by atoms with van der Waals surface area (Å²) < 4.78 is 5.21. The Morgan fingerprint density at radius 2 is 2.26 bits per heavy atom. The van der Waals surface area contributed by atoms with E-state index in [9.17, 15) is 4.79 Å². The molecule has 1 aliphatic rings. The Labute approximate surface area is 133 Å². The fourth-order valence-corrected chi connectivity index (χ4v) is 2.96. The number of carbonyl (C=O) groups is 1. The van der Waals surface area contributed by atoms with E-state index in [0.717, 1.165) is 36.2 Å². The van der Waals surface area contributed by atoms with E-state index in [1.54, 1.807) is 18.3 Å². The first-order valence-electron chi connectivity index (χ1n) is 7.49. The van der Waals surface area contributed by atoms with Crippen LogP contribution in [0.15, 0.2) is 41.4 Å². The number of hydrogen-bond acceptors (Lipinski definition) is 5. The van der Waals surface area contributed by atoms with Crippen molar-refractivity contribution in [2.75, 3.05) is 18.9 Å². The Morgan fingerprint density at radius 1 is 1.35 bits per heavy atom. The van der Waals surface area contributed by atoms with Crippen LogP contribution in [-0.2, 0) is 13.0 Å². The molecule has 1 aromatic carbocycles. The SMILES string of the molecule is CN1CCc2c(cncc2C(=O)Nc2ccc3ocnc3c2)C1. The summed E-state index contributed by atoms with van der Waals surface area (Å²) in [5.41, 5.74) is 4.98. The molecule has 1 N–H and O–H groups in total. The zero-order valence-electron chi connectivity index (χ0n) is 12.7. The molecule has 3 heterocycles. The second kappa shape index (κ2) is 5.48. The average Bonchev–Trinajstić information content (AvgIpc) is 3.01. The molecule has 0 atom stereocenters. The number of nitrogens with zero attached hydrogens (tertiary/aromatic N) is 3. The number of hydrogen-bond donors (Lipinski definition) is 1. The number of aromatic nitrogens is 2. The van der Waals surface area contributed by atoms with Crippen molar-refractivity contribution in [1.29, 1.82) is 0 Å². The van der Waals surface area contributed by atoms with Gasteiger partial charge in [-0.15, -0.1) is 0 Å². The molecular weight excluding hydrogens is 292 g/mol. The summed E-state index contributed by atoms with van der Waals surface area (Å²) in [6.07, 6.45) is 5.75. The number of pyridine rings is 1. The van der Waals surface area contributed by atoms with Crippen LogP contribution in [0.3, 0.4) is 0 Å². The quantitative estimate of drug-likeness (QED) is 0.787. The lowest BCUT2D eigenvalue weighted by atomic mass is 9.97. The molecule has 0 bridgehead atoms. The van der Waals surface area contributed by atoms with Gasteiger partial charge in [-0.25, -0.2) is 4.98 Å². The minimum atomic E-state index is -0.137. The van der Waals surface area contributed by atoms with E-state index in [0.29, 0.717) is 16.8 Å². The minimum Gasteiger partial charge on any atom is -0.443 e. The monoisotopic (exact) mass is 308 g/mol. The molecule has 4 rings (SSSR count). The Balaban J connectivity index is 1.63. The summed E-state index contributed by atoms with van der Waals surface area (Å²) in [6, 6.07) is 5.40. The molecule has 0 spiro atoms. The van der Waals surface area contributed by atoms with Gasteiger partial charge < -0.3 is 14.6 Å². The van der Waals surface area contributed by atoms with E-state index in [1.807, 2.05) is 12.3 Å². The van der Waals surface area contributed by atoms with Gasteiger partial charge in [-0.05, 0) is 42.8 Å². The first-order chi connectivity index (χ1) is 11.2. The molecule has 1 aliphatic heterocycles. The van der Waals surface area contributed by atoms with Crippen molar-refractivity contribution in [2.45, 2.75) is 13.0 Å². The van der Waals surface area contributed by atoms with E-state index in [-0.39, 0.29) is 5.91 Å². The van der Waals surface area contributed by atoms with Crippen LogP contribution in [0.5, 0.6) is 0 Å². The summed E-state index contributed by atoms with van der Waals surface area (Å²) >= 11 is 0. The van der Waals surface area contributed by atoms with Crippen molar-refractivity contribution >= 4 is 22.7 Å². The summed E-state index contributed by atoms with van der Waals surface area (Å²) in [4.78, 5) is 23.2. The molecule has 116 valence electrons. The highest BCUT2D eigenvalue weighted by molar-refractivity contribution is 6.05. The number of anilines is 1. The number of oxazole rings is 1. The lowest BCUT2D eigenvalue weighted by molar-refractivity contribution is 0.102. The van der Waals surface area contributed by atoms with Crippen molar-refractivity contribution in [3.8, 4) is 0 Å². The van der Waals surface area contributed by atoms with Gasteiger partial charge in [-0.3, -0.25) is 9.78 Å². The van der Waals surface area contributed by atoms with Crippen LogP contribution < -0.4 is 5.32 Å². The molecular formula is C17H16N4O2. The number of likely N-dealkylation sites (N-methyl/N-ethyl adjacent to an activating group) is 1. The van der Waals surface area contributed by atoms with Crippen LogP contribution in [0.25, 0.3) is 11.1 Å². The van der Waals surface area contributed by atoms with Crippen molar-refractivity contribution < 1.29 is 9.21 Å². The Kier molecular flexibility index (Phi) is 3.31. The molecule has 0 aliphatic carbocycles. The maximum absolute atomic E-state index is 12.6. The van der Waals surface area contributed by atoms with E-state index in [2.05, 4.69) is 27.2 Å². The van der Waals surface area contributed by atoms with Gasteiger partial charge in [0.15, 0.2) is 12.0 Å². The molecule has 3 aromatic rings. The van der Waals surface area contributed by atoms with Crippen molar-refractivity contribution in [3.05, 3.63) is 53.7 Å². The molecule has 0 fully saturated rings. The molecule has 0 saturated heterocycles. The van der Waals surface area contributed by atoms with Crippen molar-refractivity contribution in [3.63, 3.8) is 0 Å². The van der Waals surface area contributed by atoms with Crippen LogP contribution >= 0.6 is 0 Å². The van der Waals surface area contributed by atoms with Gasteiger partial charge in [-0.2, -0.15) is 0 Å². The first-order valence-corrected chi connectivity index (χ1v) is 7.49. The maximum atomic E-state index is 12.6. The Bertz CT molecular complexity index is 887. The largest absolute Gasteiger partial charge is 0.443 e. The molecule has 0 saturated carbocycles. The minimum absolute atomic E-state index is 0.137. The molecule has 6 heteroatoms. The maximum Gasteiger partial charge on any atom is 0.257 e. The van der Waals surface area contributed by atoms with Gasteiger partial charge >= 0.3 is 0 Å². The van der Waals surface area contributed by atoms with Crippen molar-refractivity contribution in [2.24, 2.45) is 0 Å². The second-order valence-corrected chi connectivity index (χ2v) is 5.80. The molecule has 6 nitrogen and oxygen atoms in total. The van der Waals surface area contributed by atoms with E-state index >= 15 is 0 Å². The summed E-state index contributed by atoms with van der Waals surface area (Å²) in [5, 5.41) is 2.93. The predicted molar refractivity (Wildman–Crippen MR) is 86.2 cm³/mol. The molecule has 23 heavy (non-hydrogen) atoms. The molecule has 0 unspecified atom stereocenters. The zero-order valence-corrected chi connectivity index (χ0v) is 12.7. The van der Waals surface area contributed by atoms with E-state index < -0.39 is 0 Å². The highest BCUT2D eigenvalue weighted by Crippen LogP contribution is 2.23. The van der Waals surface area contributed by atoms with Gasteiger partial charge in [0.25, 0.3) is 5.91 Å². The molecule has 1 amide bonds. The standard InChI is InChI=1S/C17H16N4O2/c1-21-5-4-13-11(9-21)7-18-8-14(13)17(22)20-12-2-3-16-15(6-12)19-10-23-16/h2-3,6-8,10H,4-5,9H2,1H3,(H,20,22). The van der Waals surface area contributed by atoms with Gasteiger partial charge in [0.2, 0.25) is 0 Å². The Hall–Kier alpha value is -2.73. The average molecular weight is 308 g/mol. The van der Waals surface area contributed by atoms with Crippen LogP contribution in [0, 0.1) is 0 Å². The fraction of sp³-hybridized carbons (Fsp3) is 0.235. The number of nitrogens with one attached hydrogen (secondary N) is 1. The fourth-order valence-electron chi connectivity index (χ4n) is 2.96. The van der Waals surface area contributed by atoms with E-state index in [1.165, 1.54) is 6.39 Å². The number of carbonyl (C=O) groups excluding carboxylic acids is 1. The van der Waals surface area contributed by atoms with Crippen LogP contribution in [0.2, 0.25) is 0 Å². The smallest absolute Gasteiger partial charge is 0.257 e. The van der Waals surface area contributed by atoms with E-state index in [4.69, 9.17) is 4.42 Å². The lowest BCUT2D eigenvalue weighted by Crippen LogP contribution is -2.29. The van der Waals surface area contributed by atoms with Gasteiger partial charge in [0.05, 0.1) is 5.56 Å². The highest BCUT2D eigenvalue weighted by Gasteiger charge is 2.20. The summed E-state index contributed by atoms with van der Waals surface area (Å²) in [7, 11) is 2.07. The third-order valence-electron chi connectivity index (χ3n) is 4.16. The normalized spacial score (nSPS) is 14.7. The number of rotatable bonds is 2. The summed E-state index contributed by atoms with van der Waals surface area (Å²) in [6.45, 7) is 1.77. The second-order valence-electron chi connectivity index (χ2n) is 5.80. The molecule has 0 radical (unpaired) electrons. The lowest BCUT2D eigenvalue weighted by Gasteiger charge is -2.25. The van der Waals surface area contributed by atoms with Gasteiger partial charge in [-0.1, -0.05) is 0 Å². The number of amides is 1. The number of benzene rings is 1. The van der Waals surface area contributed by atoms with Crippen LogP contribution in [0.1, 0.15) is 21.5 Å². The van der Waals surface area contributed by atoms with Crippen LogP contribution in [-0.4, -0.2) is 34.4 Å². The summed E-state index contributed by atoms with van der Waals surface area (Å²) in [5.74, 6) is -0.137. The highest BCUT2D eigenvalue weighted by atomic mass is 16.3. The van der Waals surface area contributed by atoms with Crippen LogP contribution in [0.4, 0.5) is 5.69 Å². The number of fused-ring (bicyclic) bond motifs is 2. The molecule has 2 aromatic heterocycles. The predicted octanol–water partition coefficient (Wildman–Crippen LogP) is 2.46. The third-order valence-corrected chi connectivity index (χ3v) is 4.16.